The van der Waals surface area contributed by atoms with Crippen molar-refractivity contribution in [3.8, 4) is 5.75 Å². The van der Waals surface area contributed by atoms with Crippen molar-refractivity contribution in [3.63, 3.8) is 0 Å². The molecule has 4 rings (SSSR count). The van der Waals surface area contributed by atoms with Crippen molar-refractivity contribution in [2.45, 2.75) is 13.5 Å². The molecule has 0 saturated carbocycles. The lowest BCUT2D eigenvalue weighted by atomic mass is 10.2. The summed E-state index contributed by atoms with van der Waals surface area (Å²) < 4.78 is 11.4. The Bertz CT molecular complexity index is 928. The fourth-order valence-electron chi connectivity index (χ4n) is 3.39. The van der Waals surface area contributed by atoms with Crippen molar-refractivity contribution in [1.82, 2.24) is 4.90 Å². The summed E-state index contributed by atoms with van der Waals surface area (Å²) in [5.74, 6) is 1.73. The zero-order chi connectivity index (χ0) is 19.3. The summed E-state index contributed by atoms with van der Waals surface area (Å²) in [4.78, 5) is 16.9. The zero-order valence-corrected chi connectivity index (χ0v) is 16.0. The largest absolute Gasteiger partial charge is 0.486 e. The lowest BCUT2D eigenvalue weighted by molar-refractivity contribution is 0.0710. The third-order valence-corrected chi connectivity index (χ3v) is 4.93. The number of aryl methyl sites for hydroxylation is 1. The quantitative estimate of drug-likeness (QED) is 0.672. The van der Waals surface area contributed by atoms with E-state index >= 15 is 0 Å². The number of hydrogen-bond donors (Lipinski definition) is 0. The molecule has 1 aliphatic rings. The predicted molar refractivity (Wildman–Crippen MR) is 109 cm³/mol. The average Bonchev–Trinajstić information content (AvgIpc) is 3.22. The number of ether oxygens (including phenoxy) is 1. The second-order valence-electron chi connectivity index (χ2n) is 6.99. The number of piperazine rings is 1. The molecule has 144 valence electrons. The minimum absolute atomic E-state index is 0.0603. The molecule has 0 unspecified atom stereocenters. The molecular weight excluding hydrogens is 352 g/mol. The Morgan fingerprint density at radius 3 is 2.50 bits per heavy atom. The van der Waals surface area contributed by atoms with Crippen LogP contribution in [0.2, 0.25) is 0 Å². The van der Waals surface area contributed by atoms with Gasteiger partial charge in [-0.25, -0.2) is 0 Å². The van der Waals surface area contributed by atoms with Crippen LogP contribution in [0.15, 0.2) is 71.1 Å². The Morgan fingerprint density at radius 2 is 1.75 bits per heavy atom. The summed E-state index contributed by atoms with van der Waals surface area (Å²) in [6, 6.07) is 21.6. The number of para-hydroxylation sites is 1. The SMILES string of the molecule is Cc1cccc(N2CCN(C(=O)c3ccc(COc4ccccc4)o3)CC2)c1. The first-order valence-corrected chi connectivity index (χ1v) is 9.56. The van der Waals surface area contributed by atoms with Gasteiger partial charge in [-0.1, -0.05) is 30.3 Å². The monoisotopic (exact) mass is 376 g/mol. The molecule has 2 heterocycles. The van der Waals surface area contributed by atoms with Crippen molar-refractivity contribution < 1.29 is 13.9 Å². The third-order valence-electron chi connectivity index (χ3n) is 4.93. The second kappa shape index (κ2) is 8.21. The van der Waals surface area contributed by atoms with Crippen LogP contribution in [0.4, 0.5) is 5.69 Å². The maximum atomic E-state index is 12.8. The number of carbonyl (C=O) groups is 1. The van der Waals surface area contributed by atoms with E-state index in [9.17, 15) is 4.79 Å². The molecule has 0 aliphatic carbocycles. The minimum Gasteiger partial charge on any atom is -0.486 e. The molecule has 0 bridgehead atoms. The van der Waals surface area contributed by atoms with Crippen molar-refractivity contribution in [3.05, 3.63) is 83.8 Å². The molecule has 1 aliphatic heterocycles. The molecule has 0 atom stereocenters. The van der Waals surface area contributed by atoms with Crippen LogP contribution >= 0.6 is 0 Å². The van der Waals surface area contributed by atoms with E-state index in [-0.39, 0.29) is 5.91 Å². The lowest BCUT2D eigenvalue weighted by Crippen LogP contribution is -2.48. The van der Waals surface area contributed by atoms with Crippen LogP contribution in [0.3, 0.4) is 0 Å². The highest BCUT2D eigenvalue weighted by Crippen LogP contribution is 2.20. The predicted octanol–water partition coefficient (Wildman–Crippen LogP) is 4.13. The van der Waals surface area contributed by atoms with Gasteiger partial charge in [0.2, 0.25) is 0 Å². The lowest BCUT2D eigenvalue weighted by Gasteiger charge is -2.35. The molecule has 28 heavy (non-hydrogen) atoms. The first kappa shape index (κ1) is 18.2. The molecule has 3 aromatic rings. The number of nitrogens with zero attached hydrogens (tertiary/aromatic N) is 2. The van der Waals surface area contributed by atoms with Gasteiger partial charge in [-0.2, -0.15) is 0 Å². The van der Waals surface area contributed by atoms with Crippen LogP contribution in [0.25, 0.3) is 0 Å². The molecule has 1 saturated heterocycles. The van der Waals surface area contributed by atoms with E-state index in [1.54, 1.807) is 12.1 Å². The molecule has 5 heteroatoms. The minimum atomic E-state index is -0.0603. The van der Waals surface area contributed by atoms with Gasteiger partial charge in [-0.3, -0.25) is 4.79 Å². The smallest absolute Gasteiger partial charge is 0.289 e. The molecule has 0 N–H and O–H groups in total. The van der Waals surface area contributed by atoms with Gasteiger partial charge in [0, 0.05) is 31.9 Å². The number of amides is 1. The van der Waals surface area contributed by atoms with E-state index in [1.165, 1.54) is 11.3 Å². The second-order valence-corrected chi connectivity index (χ2v) is 6.99. The standard InChI is InChI=1S/C23H24N2O3/c1-18-6-5-7-19(16-18)24-12-14-25(15-13-24)23(26)22-11-10-21(28-22)17-27-20-8-3-2-4-9-20/h2-11,16H,12-15,17H2,1H3. The molecule has 2 aromatic carbocycles. The summed E-state index contributed by atoms with van der Waals surface area (Å²) in [7, 11) is 0. The maximum absolute atomic E-state index is 12.8. The summed E-state index contributed by atoms with van der Waals surface area (Å²) >= 11 is 0. The number of benzene rings is 2. The van der Waals surface area contributed by atoms with Gasteiger partial charge < -0.3 is 19.0 Å². The maximum Gasteiger partial charge on any atom is 0.289 e. The van der Waals surface area contributed by atoms with Gasteiger partial charge in [0.1, 0.15) is 18.1 Å². The molecule has 0 radical (unpaired) electrons. The Morgan fingerprint density at radius 1 is 0.964 bits per heavy atom. The molecule has 1 fully saturated rings. The van der Waals surface area contributed by atoms with E-state index in [2.05, 4.69) is 36.1 Å². The summed E-state index contributed by atoms with van der Waals surface area (Å²) in [6.07, 6.45) is 0. The zero-order valence-electron chi connectivity index (χ0n) is 16.0. The fraction of sp³-hybridized carbons (Fsp3) is 0.261. The highest BCUT2D eigenvalue weighted by molar-refractivity contribution is 5.91. The summed E-state index contributed by atoms with van der Waals surface area (Å²) in [5, 5.41) is 0. The highest BCUT2D eigenvalue weighted by Gasteiger charge is 2.24. The fourth-order valence-corrected chi connectivity index (χ4v) is 3.39. The van der Waals surface area contributed by atoms with Crippen molar-refractivity contribution >= 4 is 11.6 Å². The van der Waals surface area contributed by atoms with E-state index in [4.69, 9.17) is 9.15 Å². The number of anilines is 1. The Balaban J connectivity index is 1.32. The van der Waals surface area contributed by atoms with E-state index in [0.29, 0.717) is 31.2 Å². The van der Waals surface area contributed by atoms with Gasteiger partial charge in [0.15, 0.2) is 5.76 Å². The summed E-state index contributed by atoms with van der Waals surface area (Å²) in [6.45, 7) is 5.41. The van der Waals surface area contributed by atoms with Crippen LogP contribution in [0, 0.1) is 6.92 Å². The van der Waals surface area contributed by atoms with Gasteiger partial charge in [0.05, 0.1) is 0 Å². The molecule has 5 nitrogen and oxygen atoms in total. The summed E-state index contributed by atoms with van der Waals surface area (Å²) in [5.41, 5.74) is 2.46. The van der Waals surface area contributed by atoms with Crippen LogP contribution in [-0.4, -0.2) is 37.0 Å². The van der Waals surface area contributed by atoms with Crippen LogP contribution in [0.5, 0.6) is 5.75 Å². The number of rotatable bonds is 5. The molecule has 1 aromatic heterocycles. The first-order valence-electron chi connectivity index (χ1n) is 9.56. The van der Waals surface area contributed by atoms with E-state index in [1.807, 2.05) is 35.2 Å². The highest BCUT2D eigenvalue weighted by atomic mass is 16.5. The Hall–Kier alpha value is -3.21. The van der Waals surface area contributed by atoms with Crippen LogP contribution in [-0.2, 0) is 6.61 Å². The topological polar surface area (TPSA) is 45.9 Å². The van der Waals surface area contributed by atoms with Gasteiger partial charge in [-0.05, 0) is 48.9 Å². The number of hydrogen-bond acceptors (Lipinski definition) is 4. The molecule has 0 spiro atoms. The van der Waals surface area contributed by atoms with E-state index in [0.717, 1.165) is 18.8 Å². The van der Waals surface area contributed by atoms with Gasteiger partial charge in [0.25, 0.3) is 5.91 Å². The van der Waals surface area contributed by atoms with Gasteiger partial charge in [-0.15, -0.1) is 0 Å². The Labute approximate surface area is 165 Å². The Kier molecular flexibility index (Phi) is 5.33. The number of carbonyl (C=O) groups excluding carboxylic acids is 1. The third kappa shape index (κ3) is 4.19. The normalized spacial score (nSPS) is 14.2. The molecular formula is C23H24N2O3. The number of furan rings is 1. The van der Waals surface area contributed by atoms with Crippen molar-refractivity contribution in [2.75, 3.05) is 31.1 Å². The van der Waals surface area contributed by atoms with E-state index < -0.39 is 0 Å². The van der Waals surface area contributed by atoms with Crippen LogP contribution < -0.4 is 9.64 Å². The van der Waals surface area contributed by atoms with Crippen molar-refractivity contribution in [2.24, 2.45) is 0 Å². The van der Waals surface area contributed by atoms with Crippen LogP contribution in [0.1, 0.15) is 21.9 Å². The first-order chi connectivity index (χ1) is 13.7. The molecule has 1 amide bonds. The average molecular weight is 376 g/mol. The van der Waals surface area contributed by atoms with Crippen molar-refractivity contribution in [1.29, 1.82) is 0 Å². The van der Waals surface area contributed by atoms with Gasteiger partial charge >= 0.3 is 0 Å².